The summed E-state index contributed by atoms with van der Waals surface area (Å²) in [6.07, 6.45) is 0. The Kier molecular flexibility index (Phi) is 19.0. The molecule has 0 aliphatic rings. The van der Waals surface area contributed by atoms with Gasteiger partial charge in [-0.25, -0.2) is 4.84 Å². The Hall–Kier alpha value is 0.01000. The monoisotopic (exact) mass is 315 g/mol. The molecule has 2 N–H and O–H groups in total. The van der Waals surface area contributed by atoms with Gasteiger partial charge in [0, 0.05) is 6.54 Å². The first-order chi connectivity index (χ1) is 9.91. The molecule has 0 aromatic carbocycles. The number of halogens is 1. The SMILES string of the molecule is OCCOCCOCCOCCOCCOCCNCl. The lowest BCUT2D eigenvalue weighted by Crippen LogP contribution is -2.15. The first-order valence-corrected chi connectivity index (χ1v) is 7.12. The topological polar surface area (TPSA) is 78.4 Å². The fraction of sp³-hybridized carbons (Fsp3) is 1.00. The quantitative estimate of drug-likeness (QED) is 0.284. The van der Waals surface area contributed by atoms with E-state index in [4.69, 9.17) is 40.6 Å². The fourth-order valence-electron chi connectivity index (χ4n) is 1.16. The second kappa shape index (κ2) is 19.0. The third-order valence-corrected chi connectivity index (χ3v) is 2.25. The Morgan fingerprint density at radius 2 is 0.950 bits per heavy atom. The maximum absolute atomic E-state index is 8.47. The van der Waals surface area contributed by atoms with E-state index in [2.05, 4.69) is 4.84 Å². The Labute approximate surface area is 125 Å². The Morgan fingerprint density at radius 1 is 0.600 bits per heavy atom. The minimum Gasteiger partial charge on any atom is -0.394 e. The van der Waals surface area contributed by atoms with Crippen LogP contribution < -0.4 is 4.84 Å². The lowest BCUT2D eigenvalue weighted by atomic mass is 10.6. The highest BCUT2D eigenvalue weighted by molar-refractivity contribution is 6.13. The molecule has 0 amide bonds. The van der Waals surface area contributed by atoms with Crippen molar-refractivity contribution in [1.29, 1.82) is 0 Å². The maximum atomic E-state index is 8.47. The van der Waals surface area contributed by atoms with Gasteiger partial charge in [-0.3, -0.25) is 0 Å². The summed E-state index contributed by atoms with van der Waals surface area (Å²) in [5, 5.41) is 8.47. The van der Waals surface area contributed by atoms with Crippen molar-refractivity contribution in [3.8, 4) is 0 Å². The van der Waals surface area contributed by atoms with Crippen LogP contribution in [0.4, 0.5) is 0 Å². The number of ether oxygens (including phenoxy) is 5. The zero-order valence-corrected chi connectivity index (χ0v) is 12.6. The minimum absolute atomic E-state index is 0.0394. The van der Waals surface area contributed by atoms with Crippen LogP contribution in [0, 0.1) is 0 Å². The lowest BCUT2D eigenvalue weighted by Gasteiger charge is -2.07. The van der Waals surface area contributed by atoms with Crippen molar-refractivity contribution in [2.45, 2.75) is 0 Å². The van der Waals surface area contributed by atoms with Crippen LogP contribution in [0.5, 0.6) is 0 Å². The van der Waals surface area contributed by atoms with Crippen molar-refractivity contribution in [1.82, 2.24) is 4.84 Å². The number of rotatable bonds is 17. The Bertz CT molecular complexity index is 160. The molecule has 0 heterocycles. The van der Waals surface area contributed by atoms with Crippen LogP contribution in [0.3, 0.4) is 0 Å². The molecule has 122 valence electrons. The number of nitrogens with one attached hydrogen (secondary N) is 1. The van der Waals surface area contributed by atoms with Crippen LogP contribution >= 0.6 is 11.8 Å². The van der Waals surface area contributed by atoms with Gasteiger partial charge in [0.25, 0.3) is 0 Å². The number of hydrogen-bond acceptors (Lipinski definition) is 7. The fourth-order valence-corrected chi connectivity index (χ4v) is 1.23. The standard InChI is InChI=1S/C12H26ClNO6/c13-14-1-3-16-5-7-18-9-11-20-12-10-19-8-6-17-4-2-15/h14-15H,1-12H2. The van der Waals surface area contributed by atoms with Crippen molar-refractivity contribution in [2.24, 2.45) is 0 Å². The highest BCUT2D eigenvalue weighted by atomic mass is 35.5. The molecule has 0 radical (unpaired) electrons. The number of aliphatic hydroxyl groups is 1. The molecule has 0 atom stereocenters. The van der Waals surface area contributed by atoms with E-state index in [1.807, 2.05) is 0 Å². The minimum atomic E-state index is 0.0394. The van der Waals surface area contributed by atoms with E-state index in [0.29, 0.717) is 72.6 Å². The molecule has 0 unspecified atom stereocenters. The molecular weight excluding hydrogens is 290 g/mol. The smallest absolute Gasteiger partial charge is 0.0701 e. The molecule has 0 aromatic rings. The first kappa shape index (κ1) is 20.0. The molecule has 20 heavy (non-hydrogen) atoms. The Balaban J connectivity index is 2.89. The van der Waals surface area contributed by atoms with Gasteiger partial charge in [0.1, 0.15) is 0 Å². The van der Waals surface area contributed by atoms with E-state index in [1.165, 1.54) is 0 Å². The maximum Gasteiger partial charge on any atom is 0.0701 e. The molecule has 0 fully saturated rings. The number of hydrogen-bond donors (Lipinski definition) is 2. The predicted octanol–water partition coefficient (Wildman–Crippen LogP) is -0.195. The average molecular weight is 316 g/mol. The molecule has 0 bridgehead atoms. The van der Waals surface area contributed by atoms with E-state index in [-0.39, 0.29) is 6.61 Å². The summed E-state index contributed by atoms with van der Waals surface area (Å²) >= 11 is 5.26. The zero-order chi connectivity index (χ0) is 14.7. The Morgan fingerprint density at radius 3 is 1.30 bits per heavy atom. The van der Waals surface area contributed by atoms with Crippen LogP contribution in [-0.2, 0) is 23.7 Å². The van der Waals surface area contributed by atoms with Crippen molar-refractivity contribution in [3.05, 3.63) is 0 Å². The molecule has 0 aromatic heterocycles. The summed E-state index contributed by atoms with van der Waals surface area (Å²) in [4.78, 5) is 2.47. The normalized spacial score (nSPS) is 11.1. The van der Waals surface area contributed by atoms with E-state index in [1.54, 1.807) is 0 Å². The second-order valence-electron chi connectivity index (χ2n) is 3.67. The molecule has 0 aliphatic carbocycles. The van der Waals surface area contributed by atoms with Gasteiger partial charge in [-0.2, -0.15) is 0 Å². The van der Waals surface area contributed by atoms with Gasteiger partial charge in [0.15, 0.2) is 0 Å². The van der Waals surface area contributed by atoms with E-state index < -0.39 is 0 Å². The summed E-state index contributed by atoms with van der Waals surface area (Å²) in [5.74, 6) is 0. The molecule has 0 spiro atoms. The van der Waals surface area contributed by atoms with Gasteiger partial charge in [-0.15, -0.1) is 0 Å². The molecule has 0 saturated heterocycles. The summed E-state index contributed by atoms with van der Waals surface area (Å²) in [7, 11) is 0. The molecule has 0 rings (SSSR count). The highest BCUT2D eigenvalue weighted by Gasteiger charge is 1.93. The van der Waals surface area contributed by atoms with Gasteiger partial charge in [-0.1, -0.05) is 0 Å². The van der Waals surface area contributed by atoms with Gasteiger partial charge >= 0.3 is 0 Å². The zero-order valence-electron chi connectivity index (χ0n) is 11.9. The lowest BCUT2D eigenvalue weighted by molar-refractivity contribution is -0.0129. The highest BCUT2D eigenvalue weighted by Crippen LogP contribution is 1.83. The van der Waals surface area contributed by atoms with Crippen molar-refractivity contribution >= 4 is 11.8 Å². The van der Waals surface area contributed by atoms with Crippen LogP contribution in [0.15, 0.2) is 0 Å². The first-order valence-electron chi connectivity index (χ1n) is 6.75. The van der Waals surface area contributed by atoms with Gasteiger partial charge in [0.05, 0.1) is 72.7 Å². The van der Waals surface area contributed by atoms with Crippen LogP contribution in [-0.4, -0.2) is 84.3 Å². The predicted molar refractivity (Wildman–Crippen MR) is 75.0 cm³/mol. The van der Waals surface area contributed by atoms with Gasteiger partial charge < -0.3 is 28.8 Å². The van der Waals surface area contributed by atoms with Gasteiger partial charge in [-0.05, 0) is 11.8 Å². The van der Waals surface area contributed by atoms with Crippen LogP contribution in [0.25, 0.3) is 0 Å². The summed E-state index contributed by atoms with van der Waals surface area (Å²) in [6.45, 7) is 5.80. The van der Waals surface area contributed by atoms with E-state index in [9.17, 15) is 0 Å². The second-order valence-corrected chi connectivity index (χ2v) is 3.94. The van der Waals surface area contributed by atoms with Crippen LogP contribution in [0.2, 0.25) is 0 Å². The molecule has 8 heteroatoms. The van der Waals surface area contributed by atoms with Crippen molar-refractivity contribution < 1.29 is 28.8 Å². The van der Waals surface area contributed by atoms with E-state index >= 15 is 0 Å². The summed E-state index contributed by atoms with van der Waals surface area (Å²) in [6, 6.07) is 0. The molecule has 0 aliphatic heterocycles. The van der Waals surface area contributed by atoms with E-state index in [0.717, 1.165) is 0 Å². The largest absolute Gasteiger partial charge is 0.394 e. The van der Waals surface area contributed by atoms with Crippen molar-refractivity contribution in [2.75, 3.05) is 79.2 Å². The third-order valence-electron chi connectivity index (χ3n) is 2.06. The third kappa shape index (κ3) is 18.0. The average Bonchev–Trinajstić information content (AvgIpc) is 2.47. The summed E-state index contributed by atoms with van der Waals surface area (Å²) < 4.78 is 26.1. The number of aliphatic hydroxyl groups excluding tert-OH is 1. The summed E-state index contributed by atoms with van der Waals surface area (Å²) in [5.41, 5.74) is 0. The van der Waals surface area contributed by atoms with Gasteiger partial charge in [0.2, 0.25) is 0 Å². The molecular formula is C12H26ClNO6. The molecule has 0 saturated carbocycles. The van der Waals surface area contributed by atoms with Crippen LogP contribution in [0.1, 0.15) is 0 Å². The molecule has 7 nitrogen and oxygen atoms in total. The van der Waals surface area contributed by atoms with Crippen molar-refractivity contribution in [3.63, 3.8) is 0 Å².